The van der Waals surface area contributed by atoms with Gasteiger partial charge in [0, 0.05) is 38.0 Å². The van der Waals surface area contributed by atoms with Crippen LogP contribution in [0.3, 0.4) is 0 Å². The minimum Gasteiger partial charge on any atom is -0.496 e. The molecule has 6 heteroatoms. The first-order valence-electron chi connectivity index (χ1n) is 8.45. The summed E-state index contributed by atoms with van der Waals surface area (Å²) in [6, 6.07) is 18.7. The molecule has 3 rings (SSSR count). The van der Waals surface area contributed by atoms with Crippen LogP contribution >= 0.6 is 11.3 Å². The second-order valence-corrected chi connectivity index (χ2v) is 8.44. The Labute approximate surface area is 165 Å². The van der Waals surface area contributed by atoms with Gasteiger partial charge in [0.05, 0.1) is 20.2 Å². The van der Waals surface area contributed by atoms with Crippen molar-refractivity contribution in [3.63, 3.8) is 0 Å². The fourth-order valence-corrected chi connectivity index (χ4v) is 4.04. The van der Waals surface area contributed by atoms with Crippen molar-refractivity contribution in [3.05, 3.63) is 82.0 Å². The van der Waals surface area contributed by atoms with E-state index in [1.165, 1.54) is 0 Å². The summed E-state index contributed by atoms with van der Waals surface area (Å²) < 4.78 is 17.0. The molecule has 0 aliphatic carbocycles. The van der Waals surface area contributed by atoms with E-state index >= 15 is 0 Å². The van der Waals surface area contributed by atoms with E-state index in [1.807, 2.05) is 46.7 Å². The van der Waals surface area contributed by atoms with Crippen LogP contribution in [-0.4, -0.2) is 28.4 Å². The van der Waals surface area contributed by atoms with Crippen LogP contribution in [-0.2, 0) is 23.9 Å². The average molecular weight is 400 g/mol. The van der Waals surface area contributed by atoms with Crippen molar-refractivity contribution >= 4 is 28.0 Å². The van der Waals surface area contributed by atoms with Crippen LogP contribution in [0.5, 0.6) is 5.75 Å². The Morgan fingerprint density at radius 1 is 1.04 bits per heavy atom. The molecule has 140 valence electrons. The summed E-state index contributed by atoms with van der Waals surface area (Å²) in [6.07, 6.45) is 1.63. The largest absolute Gasteiger partial charge is 0.496 e. The van der Waals surface area contributed by atoms with Gasteiger partial charge in [-0.15, -0.1) is 11.3 Å². The van der Waals surface area contributed by atoms with Crippen LogP contribution in [0.1, 0.15) is 20.8 Å². The van der Waals surface area contributed by atoms with Gasteiger partial charge in [0.15, 0.2) is 0 Å². The Bertz CT molecular complexity index is 921. The zero-order valence-electron chi connectivity index (χ0n) is 15.3. The van der Waals surface area contributed by atoms with E-state index in [9.17, 15) is 9.00 Å². The van der Waals surface area contributed by atoms with Crippen molar-refractivity contribution < 1.29 is 13.7 Å². The van der Waals surface area contributed by atoms with E-state index in [2.05, 4.69) is 0 Å². The van der Waals surface area contributed by atoms with Crippen LogP contribution in [0.25, 0.3) is 0 Å². The number of carbonyl (C=O) groups excluding carboxylic acids is 1. The van der Waals surface area contributed by atoms with Gasteiger partial charge in [0.1, 0.15) is 5.75 Å². The van der Waals surface area contributed by atoms with Crippen molar-refractivity contribution in [1.82, 2.24) is 4.90 Å². The highest BCUT2D eigenvalue weighted by Gasteiger charge is 2.19. The van der Waals surface area contributed by atoms with Gasteiger partial charge in [-0.1, -0.05) is 24.3 Å². The number of para-hydroxylation sites is 1. The number of ether oxygens (including phenoxy) is 1. The highest BCUT2D eigenvalue weighted by Crippen LogP contribution is 2.23. The van der Waals surface area contributed by atoms with E-state index < -0.39 is 10.8 Å². The molecule has 0 aliphatic heterocycles. The Balaban J connectivity index is 1.88. The SMILES string of the molecule is COc1ccccc1CN(Cc1cccs1)C(=O)c1ccc(S(C)=O)cc1. The molecular weight excluding hydrogens is 378 g/mol. The van der Waals surface area contributed by atoms with Gasteiger partial charge in [0.2, 0.25) is 0 Å². The number of amides is 1. The number of hydrogen-bond acceptors (Lipinski definition) is 4. The maximum atomic E-state index is 13.2. The summed E-state index contributed by atoms with van der Waals surface area (Å²) in [5.41, 5.74) is 1.53. The second kappa shape index (κ2) is 8.97. The molecule has 2 aromatic carbocycles. The molecule has 0 saturated heterocycles. The Kier molecular flexibility index (Phi) is 6.42. The minimum atomic E-state index is -1.06. The van der Waals surface area contributed by atoms with Crippen LogP contribution in [0.4, 0.5) is 0 Å². The molecule has 3 aromatic rings. The smallest absolute Gasteiger partial charge is 0.254 e. The van der Waals surface area contributed by atoms with E-state index in [-0.39, 0.29) is 5.91 Å². The Morgan fingerprint density at radius 2 is 1.78 bits per heavy atom. The molecule has 1 atom stereocenters. The Hall–Kier alpha value is -2.44. The predicted octanol–water partition coefficient (Wildman–Crippen LogP) is 4.34. The lowest BCUT2D eigenvalue weighted by Gasteiger charge is -2.23. The lowest BCUT2D eigenvalue weighted by atomic mass is 10.1. The lowest BCUT2D eigenvalue weighted by Crippen LogP contribution is -2.30. The fraction of sp³-hybridized carbons (Fsp3) is 0.190. The first-order valence-corrected chi connectivity index (χ1v) is 10.9. The predicted molar refractivity (Wildman–Crippen MR) is 110 cm³/mol. The maximum absolute atomic E-state index is 13.2. The molecule has 0 radical (unpaired) electrons. The summed E-state index contributed by atoms with van der Waals surface area (Å²) in [5.74, 6) is 0.695. The van der Waals surface area contributed by atoms with E-state index in [0.29, 0.717) is 23.5 Å². The van der Waals surface area contributed by atoms with Crippen molar-refractivity contribution in [2.24, 2.45) is 0 Å². The highest BCUT2D eigenvalue weighted by atomic mass is 32.2. The molecule has 27 heavy (non-hydrogen) atoms. The third kappa shape index (κ3) is 4.84. The van der Waals surface area contributed by atoms with Crippen LogP contribution in [0.15, 0.2) is 70.9 Å². The summed E-state index contributed by atoms with van der Waals surface area (Å²) >= 11 is 1.63. The molecular formula is C21H21NO3S2. The van der Waals surface area contributed by atoms with Crippen molar-refractivity contribution in [1.29, 1.82) is 0 Å². The molecule has 0 fully saturated rings. The highest BCUT2D eigenvalue weighted by molar-refractivity contribution is 7.84. The van der Waals surface area contributed by atoms with Gasteiger partial charge < -0.3 is 9.64 Å². The molecule has 1 unspecified atom stereocenters. The molecule has 1 aromatic heterocycles. The number of thiophene rings is 1. The van der Waals surface area contributed by atoms with Crippen molar-refractivity contribution in [2.45, 2.75) is 18.0 Å². The number of carbonyl (C=O) groups is 1. The number of rotatable bonds is 7. The topological polar surface area (TPSA) is 46.6 Å². The quantitative estimate of drug-likeness (QED) is 0.594. The standard InChI is InChI=1S/C21H21NO3S2/c1-25-20-8-4-3-6-17(20)14-22(15-18-7-5-13-26-18)21(23)16-9-11-19(12-10-16)27(2)24/h3-13H,14-15H2,1-2H3. The third-order valence-corrected chi connectivity index (χ3v) is 6.00. The van der Waals surface area contributed by atoms with Crippen molar-refractivity contribution in [2.75, 3.05) is 13.4 Å². The number of methoxy groups -OCH3 is 1. The van der Waals surface area contributed by atoms with E-state index in [0.717, 1.165) is 16.2 Å². The van der Waals surface area contributed by atoms with Crippen LogP contribution < -0.4 is 4.74 Å². The lowest BCUT2D eigenvalue weighted by molar-refractivity contribution is 0.0730. The number of benzene rings is 2. The van der Waals surface area contributed by atoms with E-state index in [4.69, 9.17) is 4.74 Å². The molecule has 0 spiro atoms. The van der Waals surface area contributed by atoms with Crippen LogP contribution in [0, 0.1) is 0 Å². The number of hydrogen-bond donors (Lipinski definition) is 0. The first-order chi connectivity index (χ1) is 13.1. The van der Waals surface area contributed by atoms with E-state index in [1.54, 1.807) is 49.0 Å². The molecule has 0 aliphatic rings. The summed E-state index contributed by atoms with van der Waals surface area (Å²) in [4.78, 5) is 16.8. The number of nitrogens with zero attached hydrogens (tertiary/aromatic N) is 1. The van der Waals surface area contributed by atoms with Gasteiger partial charge in [-0.2, -0.15) is 0 Å². The third-order valence-electron chi connectivity index (χ3n) is 4.20. The van der Waals surface area contributed by atoms with Crippen molar-refractivity contribution in [3.8, 4) is 5.75 Å². The molecule has 4 nitrogen and oxygen atoms in total. The molecule has 0 saturated carbocycles. The first kappa shape index (κ1) is 19.3. The normalized spacial score (nSPS) is 11.8. The maximum Gasteiger partial charge on any atom is 0.254 e. The zero-order valence-corrected chi connectivity index (χ0v) is 16.9. The summed E-state index contributed by atoms with van der Waals surface area (Å²) in [6.45, 7) is 0.970. The second-order valence-electron chi connectivity index (χ2n) is 6.03. The monoisotopic (exact) mass is 399 g/mol. The zero-order chi connectivity index (χ0) is 19.2. The van der Waals surface area contributed by atoms with Gasteiger partial charge in [-0.3, -0.25) is 9.00 Å². The fourth-order valence-electron chi connectivity index (χ4n) is 2.80. The van der Waals surface area contributed by atoms with Gasteiger partial charge >= 0.3 is 0 Å². The minimum absolute atomic E-state index is 0.0669. The van der Waals surface area contributed by atoms with Gasteiger partial charge in [-0.25, -0.2) is 0 Å². The summed E-state index contributed by atoms with van der Waals surface area (Å²) in [5, 5.41) is 2.01. The molecule has 0 bridgehead atoms. The molecule has 1 heterocycles. The average Bonchev–Trinajstić information content (AvgIpc) is 3.20. The molecule has 0 N–H and O–H groups in total. The summed E-state index contributed by atoms with van der Waals surface area (Å²) in [7, 11) is 0.570. The van der Waals surface area contributed by atoms with Gasteiger partial charge in [0.25, 0.3) is 5.91 Å². The van der Waals surface area contributed by atoms with Crippen LogP contribution in [0.2, 0.25) is 0 Å². The molecule has 1 amide bonds. The van der Waals surface area contributed by atoms with Gasteiger partial charge in [-0.05, 0) is 41.8 Å². The Morgan fingerprint density at radius 3 is 2.41 bits per heavy atom.